The number of nitriles is 1. The van der Waals surface area contributed by atoms with Crippen LogP contribution in [-0.2, 0) is 4.79 Å². The summed E-state index contributed by atoms with van der Waals surface area (Å²) in [4.78, 5) is 15.8. The van der Waals surface area contributed by atoms with Gasteiger partial charge < -0.3 is 5.11 Å². The van der Waals surface area contributed by atoms with Crippen molar-refractivity contribution in [2.75, 3.05) is 0 Å². The highest BCUT2D eigenvalue weighted by molar-refractivity contribution is 6.13. The highest BCUT2D eigenvalue weighted by atomic mass is 16.4. The van der Waals surface area contributed by atoms with E-state index in [1.165, 1.54) is 0 Å². The van der Waals surface area contributed by atoms with Crippen LogP contribution in [0, 0.1) is 11.3 Å². The summed E-state index contributed by atoms with van der Waals surface area (Å²) in [6.45, 7) is 0. The van der Waals surface area contributed by atoms with Crippen molar-refractivity contribution < 1.29 is 9.90 Å². The summed E-state index contributed by atoms with van der Waals surface area (Å²) in [6, 6.07) is 20.0. The van der Waals surface area contributed by atoms with E-state index >= 15 is 0 Å². The van der Waals surface area contributed by atoms with Gasteiger partial charge in [0.1, 0.15) is 6.04 Å². The molecule has 0 aliphatic rings. The predicted octanol–water partition coefficient (Wildman–Crippen LogP) is 3.28. The molecule has 1 atom stereocenters. The lowest BCUT2D eigenvalue weighted by molar-refractivity contribution is -0.138. The third-order valence-corrected chi connectivity index (χ3v) is 3.19. The molecule has 2 aromatic rings. The SMILES string of the molecule is N#CCC[C@H](N=C(c1ccccc1)c1ccccc1)C(=O)O. The van der Waals surface area contributed by atoms with Crippen LogP contribution in [-0.4, -0.2) is 22.8 Å². The van der Waals surface area contributed by atoms with Crippen molar-refractivity contribution in [2.45, 2.75) is 18.9 Å². The molecule has 0 spiro atoms. The molecule has 110 valence electrons. The zero-order valence-corrected chi connectivity index (χ0v) is 12.0. The fourth-order valence-electron chi connectivity index (χ4n) is 2.11. The Kier molecular flexibility index (Phi) is 5.44. The lowest BCUT2D eigenvalue weighted by atomic mass is 10.0. The molecule has 0 aliphatic carbocycles. The van der Waals surface area contributed by atoms with E-state index in [-0.39, 0.29) is 12.8 Å². The van der Waals surface area contributed by atoms with Gasteiger partial charge in [0.2, 0.25) is 0 Å². The van der Waals surface area contributed by atoms with Gasteiger partial charge in [-0.1, -0.05) is 60.7 Å². The smallest absolute Gasteiger partial charge is 0.328 e. The highest BCUT2D eigenvalue weighted by Crippen LogP contribution is 2.14. The van der Waals surface area contributed by atoms with Crippen molar-refractivity contribution in [3.8, 4) is 6.07 Å². The maximum absolute atomic E-state index is 11.4. The Labute approximate surface area is 129 Å². The van der Waals surface area contributed by atoms with Gasteiger partial charge in [-0.2, -0.15) is 5.26 Å². The predicted molar refractivity (Wildman–Crippen MR) is 84.8 cm³/mol. The van der Waals surface area contributed by atoms with Crippen LogP contribution in [0.25, 0.3) is 0 Å². The monoisotopic (exact) mass is 292 g/mol. The van der Waals surface area contributed by atoms with E-state index in [9.17, 15) is 9.90 Å². The second-order valence-corrected chi connectivity index (χ2v) is 4.76. The average Bonchev–Trinajstić information content (AvgIpc) is 2.56. The number of carbonyl (C=O) groups is 1. The van der Waals surface area contributed by atoms with Crippen molar-refractivity contribution in [2.24, 2.45) is 4.99 Å². The molecule has 0 heterocycles. The summed E-state index contributed by atoms with van der Waals surface area (Å²) in [7, 11) is 0. The molecule has 0 bridgehead atoms. The van der Waals surface area contributed by atoms with Crippen LogP contribution in [0.5, 0.6) is 0 Å². The summed E-state index contributed by atoms with van der Waals surface area (Å²) in [6.07, 6.45) is 0.367. The molecule has 2 aromatic carbocycles. The minimum atomic E-state index is -1.01. The van der Waals surface area contributed by atoms with Crippen molar-refractivity contribution in [1.29, 1.82) is 5.26 Å². The number of rotatable bonds is 6. The molecule has 22 heavy (non-hydrogen) atoms. The average molecular weight is 292 g/mol. The summed E-state index contributed by atoms with van der Waals surface area (Å²) >= 11 is 0. The Morgan fingerprint density at radius 1 is 1.05 bits per heavy atom. The number of aliphatic imine (C=N–C) groups is 1. The van der Waals surface area contributed by atoms with Crippen LogP contribution in [0.3, 0.4) is 0 Å². The van der Waals surface area contributed by atoms with Gasteiger partial charge in [0, 0.05) is 17.5 Å². The van der Waals surface area contributed by atoms with Crippen molar-refractivity contribution in [3.05, 3.63) is 71.8 Å². The van der Waals surface area contributed by atoms with Crippen molar-refractivity contribution >= 4 is 11.7 Å². The molecule has 0 aliphatic heterocycles. The third-order valence-electron chi connectivity index (χ3n) is 3.19. The molecule has 4 nitrogen and oxygen atoms in total. The van der Waals surface area contributed by atoms with E-state index in [0.717, 1.165) is 11.1 Å². The number of benzene rings is 2. The summed E-state index contributed by atoms with van der Waals surface area (Å²) in [5.41, 5.74) is 2.35. The quantitative estimate of drug-likeness (QED) is 0.830. The van der Waals surface area contributed by atoms with Crippen molar-refractivity contribution in [3.63, 3.8) is 0 Å². The second-order valence-electron chi connectivity index (χ2n) is 4.76. The number of carboxylic acids is 1. The lowest BCUT2D eigenvalue weighted by Crippen LogP contribution is -2.20. The third kappa shape index (κ3) is 4.03. The van der Waals surface area contributed by atoms with Gasteiger partial charge in [0.15, 0.2) is 0 Å². The first kappa shape index (κ1) is 15.5. The molecule has 0 saturated carbocycles. The standard InChI is InChI=1S/C18H16N2O2/c19-13-7-12-16(18(21)22)20-17(14-8-3-1-4-9-14)15-10-5-2-6-11-15/h1-6,8-11,16H,7,12H2,(H,21,22)/t16-/m0/s1. The van der Waals surface area contributed by atoms with Gasteiger partial charge >= 0.3 is 5.97 Å². The Morgan fingerprint density at radius 2 is 1.55 bits per heavy atom. The number of aliphatic carboxylic acids is 1. The first-order valence-electron chi connectivity index (χ1n) is 7.00. The maximum Gasteiger partial charge on any atom is 0.328 e. The zero-order chi connectivity index (χ0) is 15.8. The Balaban J connectivity index is 2.46. The molecule has 0 saturated heterocycles. The van der Waals surface area contributed by atoms with Gasteiger partial charge in [-0.25, -0.2) is 4.79 Å². The van der Waals surface area contributed by atoms with Gasteiger partial charge in [-0.3, -0.25) is 4.99 Å². The van der Waals surface area contributed by atoms with E-state index in [0.29, 0.717) is 5.71 Å². The minimum Gasteiger partial charge on any atom is -0.480 e. The van der Waals surface area contributed by atoms with Gasteiger partial charge in [0.05, 0.1) is 11.8 Å². The lowest BCUT2D eigenvalue weighted by Gasteiger charge is -2.11. The van der Waals surface area contributed by atoms with E-state index < -0.39 is 12.0 Å². The molecule has 0 aromatic heterocycles. The molecule has 4 heteroatoms. The van der Waals surface area contributed by atoms with E-state index in [2.05, 4.69) is 4.99 Å². The number of carboxylic acid groups (broad SMARTS) is 1. The summed E-state index contributed by atoms with van der Waals surface area (Å²) in [5.74, 6) is -1.01. The number of nitrogens with zero attached hydrogens (tertiary/aromatic N) is 2. The fraction of sp³-hybridized carbons (Fsp3) is 0.167. The van der Waals surface area contributed by atoms with Crippen LogP contribution >= 0.6 is 0 Å². The molecule has 0 unspecified atom stereocenters. The largest absolute Gasteiger partial charge is 0.480 e. The molecular weight excluding hydrogens is 276 g/mol. The van der Waals surface area contributed by atoms with E-state index in [4.69, 9.17) is 5.26 Å². The molecular formula is C18H16N2O2. The number of hydrogen-bond donors (Lipinski definition) is 1. The summed E-state index contributed by atoms with van der Waals surface area (Å²) in [5, 5.41) is 18.0. The Morgan fingerprint density at radius 3 is 1.95 bits per heavy atom. The minimum absolute atomic E-state index is 0.164. The molecule has 2 rings (SSSR count). The number of hydrogen-bond acceptors (Lipinski definition) is 3. The highest BCUT2D eigenvalue weighted by Gasteiger charge is 2.18. The van der Waals surface area contributed by atoms with Crippen LogP contribution < -0.4 is 0 Å². The first-order valence-corrected chi connectivity index (χ1v) is 7.00. The van der Waals surface area contributed by atoms with Crippen LogP contribution in [0.1, 0.15) is 24.0 Å². The van der Waals surface area contributed by atoms with E-state index in [1.807, 2.05) is 66.7 Å². The molecule has 1 N–H and O–H groups in total. The molecule has 0 amide bonds. The first-order chi connectivity index (χ1) is 10.7. The van der Waals surface area contributed by atoms with E-state index in [1.54, 1.807) is 0 Å². The van der Waals surface area contributed by atoms with Gasteiger partial charge in [0.25, 0.3) is 0 Å². The van der Waals surface area contributed by atoms with Crippen molar-refractivity contribution in [1.82, 2.24) is 0 Å². The van der Waals surface area contributed by atoms with Crippen LogP contribution in [0.4, 0.5) is 0 Å². The topological polar surface area (TPSA) is 73.5 Å². The maximum atomic E-state index is 11.4. The van der Waals surface area contributed by atoms with Gasteiger partial charge in [-0.15, -0.1) is 0 Å². The van der Waals surface area contributed by atoms with Crippen LogP contribution in [0.2, 0.25) is 0 Å². The fourth-order valence-corrected chi connectivity index (χ4v) is 2.11. The Bertz CT molecular complexity index is 647. The van der Waals surface area contributed by atoms with Gasteiger partial charge in [-0.05, 0) is 6.42 Å². The summed E-state index contributed by atoms with van der Waals surface area (Å²) < 4.78 is 0. The second kappa shape index (κ2) is 7.75. The zero-order valence-electron chi connectivity index (χ0n) is 12.0. The molecule has 0 fully saturated rings. The Hall–Kier alpha value is -2.93. The normalized spacial score (nSPS) is 11.2. The van der Waals surface area contributed by atoms with Crippen LogP contribution in [0.15, 0.2) is 65.7 Å². The molecule has 0 radical (unpaired) electrons.